The van der Waals surface area contributed by atoms with Crippen LogP contribution in [0.5, 0.6) is 11.5 Å². The van der Waals surface area contributed by atoms with E-state index in [0.717, 1.165) is 0 Å². The molecule has 6 nitrogen and oxygen atoms in total. The van der Waals surface area contributed by atoms with E-state index in [1.54, 1.807) is 48.5 Å². The van der Waals surface area contributed by atoms with E-state index in [1.165, 1.54) is 0 Å². The Labute approximate surface area is 151 Å². The first-order valence-electron chi connectivity index (χ1n) is 8.33. The van der Waals surface area contributed by atoms with Crippen molar-refractivity contribution in [2.45, 2.75) is 24.4 Å². The standard InChI is InChI=1S/C20H16N2O4/c21-9-13-1-5-15(6-2-13)25-17-11-23-20-18(12-24-19(17)20)26-16-7-3-14(10-22)4-8-16/h1-8,17-20H,11-12H2/t17-,18+,19-,20+. The van der Waals surface area contributed by atoms with Gasteiger partial charge in [-0.3, -0.25) is 0 Å². The van der Waals surface area contributed by atoms with Crippen molar-refractivity contribution in [1.82, 2.24) is 0 Å². The van der Waals surface area contributed by atoms with Gasteiger partial charge < -0.3 is 18.9 Å². The van der Waals surface area contributed by atoms with Crippen LogP contribution in [0.15, 0.2) is 48.5 Å². The van der Waals surface area contributed by atoms with Crippen molar-refractivity contribution in [2.24, 2.45) is 0 Å². The van der Waals surface area contributed by atoms with Crippen LogP contribution in [0.25, 0.3) is 0 Å². The second-order valence-corrected chi connectivity index (χ2v) is 6.18. The third kappa shape index (κ3) is 3.21. The number of rotatable bonds is 4. The summed E-state index contributed by atoms with van der Waals surface area (Å²) in [6.07, 6.45) is -0.840. The second-order valence-electron chi connectivity index (χ2n) is 6.18. The summed E-state index contributed by atoms with van der Waals surface area (Å²) in [5.74, 6) is 1.36. The Morgan fingerprint density at radius 3 is 1.42 bits per heavy atom. The van der Waals surface area contributed by atoms with Gasteiger partial charge in [0.2, 0.25) is 0 Å². The van der Waals surface area contributed by atoms with E-state index in [4.69, 9.17) is 29.5 Å². The van der Waals surface area contributed by atoms with Gasteiger partial charge in [-0.2, -0.15) is 10.5 Å². The van der Waals surface area contributed by atoms with Crippen LogP contribution in [0.1, 0.15) is 11.1 Å². The summed E-state index contributed by atoms with van der Waals surface area (Å²) in [6, 6.07) is 18.1. The van der Waals surface area contributed by atoms with E-state index < -0.39 is 0 Å². The number of hydrogen-bond donors (Lipinski definition) is 0. The molecule has 2 heterocycles. The lowest BCUT2D eigenvalue weighted by Crippen LogP contribution is -2.36. The van der Waals surface area contributed by atoms with Crippen LogP contribution in [0.2, 0.25) is 0 Å². The van der Waals surface area contributed by atoms with E-state index in [-0.39, 0.29) is 24.4 Å². The number of benzene rings is 2. The van der Waals surface area contributed by atoms with Gasteiger partial charge in [-0.05, 0) is 48.5 Å². The van der Waals surface area contributed by atoms with Crippen molar-refractivity contribution in [3.8, 4) is 23.6 Å². The van der Waals surface area contributed by atoms with Crippen molar-refractivity contribution in [3.63, 3.8) is 0 Å². The van der Waals surface area contributed by atoms with Gasteiger partial charge >= 0.3 is 0 Å². The fourth-order valence-electron chi connectivity index (χ4n) is 3.20. The second kappa shape index (κ2) is 7.05. The highest BCUT2D eigenvalue weighted by Crippen LogP contribution is 2.32. The highest BCUT2D eigenvalue weighted by molar-refractivity contribution is 5.35. The fourth-order valence-corrected chi connectivity index (χ4v) is 3.20. The summed E-state index contributed by atoms with van der Waals surface area (Å²) in [4.78, 5) is 0. The normalized spacial score (nSPS) is 26.5. The molecule has 130 valence electrons. The van der Waals surface area contributed by atoms with Crippen LogP contribution < -0.4 is 9.47 Å². The summed E-state index contributed by atoms with van der Waals surface area (Å²) in [5, 5.41) is 17.7. The van der Waals surface area contributed by atoms with Gasteiger partial charge in [0.15, 0.2) is 12.2 Å². The maximum Gasteiger partial charge on any atom is 0.151 e. The lowest BCUT2D eigenvalue weighted by molar-refractivity contribution is 0.0181. The minimum absolute atomic E-state index is 0.200. The number of nitriles is 2. The maximum atomic E-state index is 8.85. The van der Waals surface area contributed by atoms with Crippen LogP contribution >= 0.6 is 0 Å². The quantitative estimate of drug-likeness (QED) is 0.844. The van der Waals surface area contributed by atoms with E-state index in [2.05, 4.69) is 12.1 Å². The van der Waals surface area contributed by atoms with E-state index in [0.29, 0.717) is 35.8 Å². The summed E-state index contributed by atoms with van der Waals surface area (Å²) in [7, 11) is 0. The van der Waals surface area contributed by atoms with Crippen molar-refractivity contribution in [2.75, 3.05) is 13.2 Å². The van der Waals surface area contributed by atoms with Gasteiger partial charge in [0.25, 0.3) is 0 Å². The molecule has 0 N–H and O–H groups in total. The monoisotopic (exact) mass is 348 g/mol. The van der Waals surface area contributed by atoms with E-state index in [9.17, 15) is 0 Å². The molecule has 26 heavy (non-hydrogen) atoms. The third-order valence-electron chi connectivity index (χ3n) is 4.50. The number of hydrogen-bond acceptors (Lipinski definition) is 6. The molecular formula is C20H16N2O4. The minimum Gasteiger partial charge on any atom is -0.485 e. The molecule has 0 unspecified atom stereocenters. The van der Waals surface area contributed by atoms with Crippen LogP contribution in [-0.2, 0) is 9.47 Å². The molecule has 0 aromatic heterocycles. The van der Waals surface area contributed by atoms with Gasteiger partial charge in [0.05, 0.1) is 36.5 Å². The van der Waals surface area contributed by atoms with Crippen LogP contribution in [0, 0.1) is 22.7 Å². The lowest BCUT2D eigenvalue weighted by atomic mass is 10.1. The van der Waals surface area contributed by atoms with Crippen molar-refractivity contribution in [1.29, 1.82) is 10.5 Å². The fraction of sp³-hybridized carbons (Fsp3) is 0.300. The van der Waals surface area contributed by atoms with Gasteiger partial charge in [-0.15, -0.1) is 0 Å². The zero-order chi connectivity index (χ0) is 17.9. The first-order valence-corrected chi connectivity index (χ1v) is 8.33. The summed E-state index contributed by atoms with van der Waals surface area (Å²) in [6.45, 7) is 0.838. The molecule has 0 amide bonds. The van der Waals surface area contributed by atoms with E-state index in [1.807, 2.05) is 0 Å². The van der Waals surface area contributed by atoms with Crippen LogP contribution in [0.3, 0.4) is 0 Å². The van der Waals surface area contributed by atoms with Gasteiger partial charge in [0.1, 0.15) is 23.7 Å². The van der Waals surface area contributed by atoms with Crippen molar-refractivity contribution >= 4 is 0 Å². The zero-order valence-corrected chi connectivity index (χ0v) is 13.9. The van der Waals surface area contributed by atoms with Gasteiger partial charge in [-0.1, -0.05) is 0 Å². The SMILES string of the molecule is N#Cc1ccc(O[C@H]2CO[C@H]3[C@H]2OC[C@H]3Oc2ccc(C#N)cc2)cc1. The Morgan fingerprint density at radius 1 is 0.692 bits per heavy atom. The summed E-state index contributed by atoms with van der Waals surface area (Å²) >= 11 is 0. The molecule has 4 atom stereocenters. The first-order chi connectivity index (χ1) is 12.8. The minimum atomic E-state index is -0.220. The topological polar surface area (TPSA) is 84.5 Å². The molecule has 0 spiro atoms. The molecule has 2 aromatic rings. The molecule has 2 aromatic carbocycles. The van der Waals surface area contributed by atoms with Crippen LogP contribution in [-0.4, -0.2) is 37.6 Å². The van der Waals surface area contributed by atoms with E-state index >= 15 is 0 Å². The highest BCUT2D eigenvalue weighted by Gasteiger charge is 2.50. The average Bonchev–Trinajstić information content (AvgIpc) is 3.27. The largest absolute Gasteiger partial charge is 0.485 e. The first kappa shape index (κ1) is 16.4. The predicted octanol–water partition coefficient (Wildman–Crippen LogP) is 2.42. The molecule has 0 radical (unpaired) electrons. The van der Waals surface area contributed by atoms with Crippen molar-refractivity contribution < 1.29 is 18.9 Å². The number of fused-ring (bicyclic) bond motifs is 1. The molecule has 0 bridgehead atoms. The molecule has 6 heteroatoms. The zero-order valence-electron chi connectivity index (χ0n) is 13.9. The van der Waals surface area contributed by atoms with Crippen molar-refractivity contribution in [3.05, 3.63) is 59.7 Å². The molecule has 0 aliphatic carbocycles. The number of nitrogens with zero attached hydrogens (tertiary/aromatic N) is 2. The summed E-state index contributed by atoms with van der Waals surface area (Å²) in [5.41, 5.74) is 1.18. The molecule has 2 fully saturated rings. The Kier molecular flexibility index (Phi) is 4.45. The maximum absolute atomic E-state index is 8.85. The summed E-state index contributed by atoms with van der Waals surface area (Å²) < 4.78 is 23.6. The Balaban J connectivity index is 1.38. The lowest BCUT2D eigenvalue weighted by Gasteiger charge is -2.18. The van der Waals surface area contributed by atoms with Crippen LogP contribution in [0.4, 0.5) is 0 Å². The smallest absolute Gasteiger partial charge is 0.151 e. The Bertz CT molecular complexity index is 778. The molecule has 2 aliphatic rings. The number of ether oxygens (including phenoxy) is 4. The highest BCUT2D eigenvalue weighted by atomic mass is 16.6. The predicted molar refractivity (Wildman–Crippen MR) is 90.6 cm³/mol. The average molecular weight is 348 g/mol. The molecule has 0 saturated carbocycles. The third-order valence-corrected chi connectivity index (χ3v) is 4.50. The van der Waals surface area contributed by atoms with Gasteiger partial charge in [-0.25, -0.2) is 0 Å². The van der Waals surface area contributed by atoms with Gasteiger partial charge in [0, 0.05) is 0 Å². The molecular weight excluding hydrogens is 332 g/mol. The Hall–Kier alpha value is -3.06. The Morgan fingerprint density at radius 2 is 1.08 bits per heavy atom. The molecule has 4 rings (SSSR count). The molecule has 2 aliphatic heterocycles. The molecule has 2 saturated heterocycles.